The van der Waals surface area contributed by atoms with Crippen molar-refractivity contribution >= 4 is 17.7 Å². The summed E-state index contributed by atoms with van der Waals surface area (Å²) >= 11 is 0. The number of halogens is 1. The third kappa shape index (κ3) is 1.68. The van der Waals surface area contributed by atoms with Gasteiger partial charge < -0.3 is 14.2 Å². The van der Waals surface area contributed by atoms with E-state index >= 15 is 0 Å². The molecule has 0 radical (unpaired) electrons. The van der Waals surface area contributed by atoms with Gasteiger partial charge in [-0.1, -0.05) is 0 Å². The molecule has 2 rings (SSSR count). The molecule has 0 bridgehead atoms. The van der Waals surface area contributed by atoms with E-state index in [-0.39, 0.29) is 21.8 Å². The zero-order valence-electron chi connectivity index (χ0n) is 9.65. The molecule has 18 heavy (non-hydrogen) atoms. The van der Waals surface area contributed by atoms with E-state index < -0.39 is 18.1 Å². The van der Waals surface area contributed by atoms with Crippen molar-refractivity contribution in [2.75, 3.05) is 14.2 Å². The zero-order valence-corrected chi connectivity index (χ0v) is 9.65. The first-order valence-corrected chi connectivity index (χ1v) is 4.99. The van der Waals surface area contributed by atoms with Crippen molar-refractivity contribution in [2.45, 2.75) is 6.29 Å². The summed E-state index contributed by atoms with van der Waals surface area (Å²) in [5, 5.41) is -0.348. The first kappa shape index (κ1) is 12.3. The van der Waals surface area contributed by atoms with Crippen molar-refractivity contribution in [3.05, 3.63) is 34.0 Å². The number of fused-ring (bicyclic) bond motifs is 1. The van der Waals surface area contributed by atoms with Gasteiger partial charge in [0.05, 0.1) is 17.9 Å². The molecule has 0 saturated carbocycles. The zero-order chi connectivity index (χ0) is 13.3. The SMILES string of the molecule is COC1=c2c(ccc(F)c2=C=O)C(=O)OC1OC. The predicted octanol–water partition coefficient (Wildman–Crippen LogP) is -0.774. The topological polar surface area (TPSA) is 61.8 Å². The lowest BCUT2D eigenvalue weighted by molar-refractivity contribution is -0.0714. The number of carbonyl (C=O) groups is 1. The number of ether oxygens (including phenoxy) is 3. The lowest BCUT2D eigenvalue weighted by Crippen LogP contribution is -2.45. The first-order valence-electron chi connectivity index (χ1n) is 4.99. The van der Waals surface area contributed by atoms with Gasteiger partial charge in [0.25, 0.3) is 6.29 Å². The van der Waals surface area contributed by atoms with Gasteiger partial charge in [-0.05, 0) is 12.1 Å². The summed E-state index contributed by atoms with van der Waals surface area (Å²) in [6, 6.07) is 2.22. The van der Waals surface area contributed by atoms with Gasteiger partial charge in [-0.2, -0.15) is 0 Å². The number of esters is 1. The fourth-order valence-corrected chi connectivity index (χ4v) is 1.79. The average molecular weight is 252 g/mol. The largest absolute Gasteiger partial charge is 0.494 e. The standard InChI is InChI=1S/C12H9FO5/c1-16-10-9-6(11(15)18-12(10)17-2)3-4-8(13)7(9)5-14/h3-4,12H,1-2H3. The van der Waals surface area contributed by atoms with Crippen LogP contribution in [0.2, 0.25) is 0 Å². The van der Waals surface area contributed by atoms with E-state index in [0.717, 1.165) is 6.07 Å². The third-order valence-corrected chi connectivity index (χ3v) is 2.59. The van der Waals surface area contributed by atoms with Crippen LogP contribution in [-0.2, 0) is 19.0 Å². The van der Waals surface area contributed by atoms with Crippen molar-refractivity contribution in [3.8, 4) is 0 Å². The van der Waals surface area contributed by atoms with Crippen LogP contribution < -0.4 is 10.4 Å². The Morgan fingerprint density at radius 3 is 2.67 bits per heavy atom. The molecule has 0 saturated heterocycles. The molecule has 1 aromatic rings. The highest BCUT2D eigenvalue weighted by Gasteiger charge is 2.30. The van der Waals surface area contributed by atoms with E-state index in [9.17, 15) is 14.0 Å². The van der Waals surface area contributed by atoms with Gasteiger partial charge in [0.1, 0.15) is 17.0 Å². The van der Waals surface area contributed by atoms with Gasteiger partial charge in [0.15, 0.2) is 5.76 Å². The van der Waals surface area contributed by atoms with E-state index in [1.165, 1.54) is 26.2 Å². The number of hydrogen-bond donors (Lipinski definition) is 0. The quantitative estimate of drug-likeness (QED) is 0.647. The maximum absolute atomic E-state index is 13.5. The van der Waals surface area contributed by atoms with Crippen LogP contribution in [0.1, 0.15) is 10.4 Å². The predicted molar refractivity (Wildman–Crippen MR) is 57.1 cm³/mol. The molecule has 5 nitrogen and oxygen atoms in total. The van der Waals surface area contributed by atoms with Crippen LogP contribution in [0.15, 0.2) is 12.1 Å². The molecule has 1 heterocycles. The van der Waals surface area contributed by atoms with Gasteiger partial charge in [0, 0.05) is 7.11 Å². The molecule has 0 amide bonds. The molecule has 1 aliphatic heterocycles. The van der Waals surface area contributed by atoms with Gasteiger partial charge in [0.2, 0.25) is 0 Å². The molecule has 94 valence electrons. The summed E-state index contributed by atoms with van der Waals surface area (Å²) in [4.78, 5) is 22.5. The number of carbonyl (C=O) groups excluding carboxylic acids is 2. The number of cyclic esters (lactones) is 1. The summed E-state index contributed by atoms with van der Waals surface area (Å²) in [5.74, 6) is 0.0211. The summed E-state index contributed by atoms with van der Waals surface area (Å²) in [6.45, 7) is 0. The van der Waals surface area contributed by atoms with E-state index in [0.29, 0.717) is 0 Å². The molecular formula is C12H9FO5. The van der Waals surface area contributed by atoms with Gasteiger partial charge in [-0.15, -0.1) is 0 Å². The molecule has 0 fully saturated rings. The number of methoxy groups -OCH3 is 2. The van der Waals surface area contributed by atoms with Crippen LogP contribution in [0.3, 0.4) is 0 Å². The van der Waals surface area contributed by atoms with Crippen LogP contribution in [0.5, 0.6) is 0 Å². The second kappa shape index (κ2) is 4.60. The molecular weight excluding hydrogens is 243 g/mol. The average Bonchev–Trinajstić information content (AvgIpc) is 2.38. The Kier molecular flexibility index (Phi) is 3.14. The fraction of sp³-hybridized carbons (Fsp3) is 0.250. The lowest BCUT2D eigenvalue weighted by Gasteiger charge is -2.23. The monoisotopic (exact) mass is 252 g/mol. The summed E-state index contributed by atoms with van der Waals surface area (Å²) in [7, 11) is 2.61. The van der Waals surface area contributed by atoms with Crippen molar-refractivity contribution in [2.24, 2.45) is 0 Å². The Morgan fingerprint density at radius 2 is 2.11 bits per heavy atom. The minimum absolute atomic E-state index is 0.0237. The Morgan fingerprint density at radius 1 is 1.39 bits per heavy atom. The smallest absolute Gasteiger partial charge is 0.341 e. The van der Waals surface area contributed by atoms with E-state index in [1.54, 1.807) is 0 Å². The van der Waals surface area contributed by atoms with E-state index in [2.05, 4.69) is 0 Å². The highest BCUT2D eigenvalue weighted by molar-refractivity contribution is 5.92. The van der Waals surface area contributed by atoms with E-state index in [4.69, 9.17) is 14.2 Å². The van der Waals surface area contributed by atoms with Gasteiger partial charge in [-0.25, -0.2) is 14.0 Å². The first-order chi connectivity index (χ1) is 8.63. The second-order valence-electron chi connectivity index (χ2n) is 3.49. The molecule has 0 aliphatic carbocycles. The molecule has 1 aliphatic rings. The minimum Gasteiger partial charge on any atom is -0.494 e. The molecule has 1 atom stereocenters. The maximum Gasteiger partial charge on any atom is 0.341 e. The van der Waals surface area contributed by atoms with Crippen molar-refractivity contribution < 1.29 is 28.2 Å². The number of benzene rings is 1. The number of rotatable bonds is 2. The molecule has 0 spiro atoms. The summed E-state index contributed by atoms with van der Waals surface area (Å²) in [5.41, 5.74) is 0.0416. The van der Waals surface area contributed by atoms with Crippen LogP contribution >= 0.6 is 0 Å². The highest BCUT2D eigenvalue weighted by Crippen LogP contribution is 2.15. The normalized spacial score (nSPS) is 17.8. The highest BCUT2D eigenvalue weighted by atomic mass is 19.1. The molecule has 0 aromatic heterocycles. The number of hydrogen-bond acceptors (Lipinski definition) is 5. The van der Waals surface area contributed by atoms with Crippen LogP contribution in [0, 0.1) is 5.82 Å². The third-order valence-electron chi connectivity index (χ3n) is 2.59. The van der Waals surface area contributed by atoms with Crippen LogP contribution in [-0.4, -0.2) is 32.4 Å². The van der Waals surface area contributed by atoms with Gasteiger partial charge in [-0.3, -0.25) is 0 Å². The van der Waals surface area contributed by atoms with Gasteiger partial charge >= 0.3 is 5.97 Å². The molecule has 0 N–H and O–H groups in total. The second-order valence-corrected chi connectivity index (χ2v) is 3.49. The van der Waals surface area contributed by atoms with Crippen molar-refractivity contribution in [1.29, 1.82) is 0 Å². The Balaban J connectivity index is 3.01. The summed E-state index contributed by atoms with van der Waals surface area (Å²) < 4.78 is 28.4. The minimum atomic E-state index is -1.11. The fourth-order valence-electron chi connectivity index (χ4n) is 1.79. The Labute approximate surface area is 101 Å². The Bertz CT molecular complexity index is 645. The van der Waals surface area contributed by atoms with E-state index in [1.807, 2.05) is 0 Å². The van der Waals surface area contributed by atoms with Crippen molar-refractivity contribution in [1.82, 2.24) is 0 Å². The van der Waals surface area contributed by atoms with Crippen LogP contribution in [0.25, 0.3) is 5.76 Å². The summed E-state index contributed by atoms with van der Waals surface area (Å²) in [6.07, 6.45) is -1.11. The lowest BCUT2D eigenvalue weighted by atomic mass is 10.1. The Hall–Kier alpha value is -2.17. The molecule has 1 aromatic carbocycles. The molecule has 6 heteroatoms. The van der Waals surface area contributed by atoms with Crippen LogP contribution in [0.4, 0.5) is 4.39 Å². The van der Waals surface area contributed by atoms with Crippen molar-refractivity contribution in [3.63, 3.8) is 0 Å². The molecule has 1 unspecified atom stereocenters. The maximum atomic E-state index is 13.5.